The molecule has 0 aliphatic heterocycles. The van der Waals surface area contributed by atoms with Gasteiger partial charge in [-0.3, -0.25) is 4.79 Å². The van der Waals surface area contributed by atoms with Gasteiger partial charge in [-0.05, 0) is 12.1 Å². The average Bonchev–Trinajstić information content (AvgIpc) is 2.76. The Balaban J connectivity index is 2.14. The zero-order chi connectivity index (χ0) is 9.10. The summed E-state index contributed by atoms with van der Waals surface area (Å²) in [7, 11) is 0. The molecule has 13 heavy (non-hydrogen) atoms. The fourth-order valence-corrected chi connectivity index (χ4v) is 1.02. The lowest BCUT2D eigenvalue weighted by Gasteiger charge is -1.88. The summed E-state index contributed by atoms with van der Waals surface area (Å²) in [5, 5.41) is 0. The van der Waals surface area contributed by atoms with Crippen LogP contribution in [0.1, 0.15) is 22.1 Å². The molecule has 4 nitrogen and oxygen atoms in total. The van der Waals surface area contributed by atoms with Crippen LogP contribution in [0, 0.1) is 0 Å². The van der Waals surface area contributed by atoms with Crippen molar-refractivity contribution in [2.75, 3.05) is 0 Å². The molecule has 0 N–H and O–H groups in total. The number of carbonyl (C=O) groups is 1. The maximum Gasteiger partial charge on any atom is 0.202 e. The second-order valence-corrected chi connectivity index (χ2v) is 2.54. The van der Waals surface area contributed by atoms with Crippen molar-refractivity contribution >= 4 is 6.29 Å². The number of hydrogen-bond acceptors (Lipinski definition) is 4. The van der Waals surface area contributed by atoms with Gasteiger partial charge in [0.2, 0.25) is 5.89 Å². The molecule has 0 fully saturated rings. The molecule has 2 aromatic rings. The third-order valence-corrected chi connectivity index (χ3v) is 1.60. The highest BCUT2D eigenvalue weighted by Crippen LogP contribution is 2.08. The van der Waals surface area contributed by atoms with Crippen molar-refractivity contribution in [3.8, 4) is 0 Å². The van der Waals surface area contributed by atoms with Gasteiger partial charge < -0.3 is 8.83 Å². The molecular formula is C9H7NO3. The second kappa shape index (κ2) is 3.26. The number of carbonyl (C=O) groups excluding carboxylic acids is 1. The highest BCUT2D eigenvalue weighted by molar-refractivity contribution is 5.70. The number of aromatic nitrogens is 1. The molecule has 2 heterocycles. The molecule has 0 bridgehead atoms. The van der Waals surface area contributed by atoms with Crippen molar-refractivity contribution in [3.63, 3.8) is 0 Å². The van der Waals surface area contributed by atoms with E-state index in [-0.39, 0.29) is 0 Å². The van der Waals surface area contributed by atoms with Crippen molar-refractivity contribution < 1.29 is 13.6 Å². The van der Waals surface area contributed by atoms with E-state index in [9.17, 15) is 4.79 Å². The Labute approximate surface area is 74.2 Å². The van der Waals surface area contributed by atoms with Crippen LogP contribution in [0.15, 0.2) is 33.5 Å². The van der Waals surface area contributed by atoms with Gasteiger partial charge in [0, 0.05) is 0 Å². The molecule has 0 saturated carbocycles. The minimum Gasteiger partial charge on any atom is -0.469 e. The summed E-state index contributed by atoms with van der Waals surface area (Å²) in [5.74, 6) is 1.25. The van der Waals surface area contributed by atoms with Crippen molar-refractivity contribution in [3.05, 3.63) is 42.0 Å². The fourth-order valence-electron chi connectivity index (χ4n) is 1.02. The van der Waals surface area contributed by atoms with Crippen molar-refractivity contribution in [1.82, 2.24) is 4.98 Å². The zero-order valence-electron chi connectivity index (χ0n) is 6.77. The van der Waals surface area contributed by atoms with E-state index in [1.807, 2.05) is 6.07 Å². The van der Waals surface area contributed by atoms with E-state index in [1.165, 1.54) is 6.26 Å². The first-order valence-corrected chi connectivity index (χ1v) is 3.80. The third-order valence-electron chi connectivity index (χ3n) is 1.60. The summed E-state index contributed by atoms with van der Waals surface area (Å²) in [6, 6.07) is 3.61. The summed E-state index contributed by atoms with van der Waals surface area (Å²) in [5.41, 5.74) is 0.307. The Kier molecular flexibility index (Phi) is 1.96. The predicted octanol–water partition coefficient (Wildman–Crippen LogP) is 1.67. The molecule has 0 amide bonds. The van der Waals surface area contributed by atoms with Gasteiger partial charge in [0.05, 0.1) is 12.7 Å². The SMILES string of the molecule is O=Cc1coc(Cc2ccco2)n1. The lowest BCUT2D eigenvalue weighted by Crippen LogP contribution is -1.86. The predicted molar refractivity (Wildman–Crippen MR) is 43.4 cm³/mol. The second-order valence-electron chi connectivity index (χ2n) is 2.54. The van der Waals surface area contributed by atoms with Crippen LogP contribution in [0.25, 0.3) is 0 Å². The van der Waals surface area contributed by atoms with Gasteiger partial charge in [0.1, 0.15) is 17.7 Å². The van der Waals surface area contributed by atoms with Crippen LogP contribution in [-0.2, 0) is 6.42 Å². The summed E-state index contributed by atoms with van der Waals surface area (Å²) in [4.78, 5) is 14.2. The Morgan fingerprint density at radius 2 is 2.38 bits per heavy atom. The van der Waals surface area contributed by atoms with Gasteiger partial charge in [-0.15, -0.1) is 0 Å². The van der Waals surface area contributed by atoms with Crippen LogP contribution in [0.2, 0.25) is 0 Å². The molecular weight excluding hydrogens is 170 g/mol. The van der Waals surface area contributed by atoms with Crippen LogP contribution in [-0.4, -0.2) is 11.3 Å². The molecule has 0 atom stereocenters. The van der Waals surface area contributed by atoms with Crippen LogP contribution in [0.5, 0.6) is 0 Å². The Bertz CT molecular complexity index is 389. The minimum atomic E-state index is 0.307. The number of nitrogens with zero attached hydrogens (tertiary/aromatic N) is 1. The highest BCUT2D eigenvalue weighted by atomic mass is 16.4. The van der Waals surface area contributed by atoms with E-state index >= 15 is 0 Å². The fraction of sp³-hybridized carbons (Fsp3) is 0.111. The lowest BCUT2D eigenvalue weighted by atomic mass is 10.3. The monoisotopic (exact) mass is 177 g/mol. The lowest BCUT2D eigenvalue weighted by molar-refractivity contribution is 0.111. The van der Waals surface area contributed by atoms with Crippen molar-refractivity contribution in [2.45, 2.75) is 6.42 Å². The van der Waals surface area contributed by atoms with Crippen LogP contribution >= 0.6 is 0 Å². The van der Waals surface area contributed by atoms with Crippen molar-refractivity contribution in [2.24, 2.45) is 0 Å². The van der Waals surface area contributed by atoms with E-state index in [4.69, 9.17) is 8.83 Å². The Morgan fingerprint density at radius 3 is 3.00 bits per heavy atom. The molecule has 66 valence electrons. The molecule has 2 aromatic heterocycles. The van der Waals surface area contributed by atoms with Gasteiger partial charge >= 0.3 is 0 Å². The standard InChI is InChI=1S/C9H7NO3/c11-5-7-6-13-9(10-7)4-8-2-1-3-12-8/h1-3,5-6H,4H2. The summed E-state index contributed by atoms with van der Waals surface area (Å²) < 4.78 is 10.1. The average molecular weight is 177 g/mol. The van der Waals surface area contributed by atoms with Gasteiger partial charge in [-0.2, -0.15) is 0 Å². The maximum absolute atomic E-state index is 10.3. The normalized spacial score (nSPS) is 10.2. The number of aldehydes is 1. The van der Waals surface area contributed by atoms with Crippen LogP contribution in [0.3, 0.4) is 0 Å². The molecule has 0 aliphatic rings. The highest BCUT2D eigenvalue weighted by Gasteiger charge is 2.05. The van der Waals surface area contributed by atoms with Gasteiger partial charge in [-0.25, -0.2) is 4.98 Å². The van der Waals surface area contributed by atoms with E-state index < -0.39 is 0 Å². The van der Waals surface area contributed by atoms with E-state index in [0.29, 0.717) is 24.3 Å². The first-order valence-electron chi connectivity index (χ1n) is 3.80. The molecule has 0 radical (unpaired) electrons. The third kappa shape index (κ3) is 1.66. The molecule has 2 rings (SSSR count). The van der Waals surface area contributed by atoms with Gasteiger partial charge in [0.25, 0.3) is 0 Å². The zero-order valence-corrected chi connectivity index (χ0v) is 6.77. The van der Waals surface area contributed by atoms with E-state index in [0.717, 1.165) is 5.76 Å². The number of oxazole rings is 1. The van der Waals surface area contributed by atoms with Gasteiger partial charge in [-0.1, -0.05) is 0 Å². The maximum atomic E-state index is 10.3. The quantitative estimate of drug-likeness (QED) is 0.669. The molecule has 0 spiro atoms. The Hall–Kier alpha value is -1.84. The summed E-state index contributed by atoms with van der Waals surface area (Å²) in [6.07, 6.45) is 4.03. The summed E-state index contributed by atoms with van der Waals surface area (Å²) >= 11 is 0. The number of hydrogen-bond donors (Lipinski definition) is 0. The number of furan rings is 1. The molecule has 0 aliphatic carbocycles. The molecule has 0 aromatic carbocycles. The molecule has 4 heteroatoms. The first-order chi connectivity index (χ1) is 6.38. The minimum absolute atomic E-state index is 0.307. The van der Waals surface area contributed by atoms with Crippen molar-refractivity contribution in [1.29, 1.82) is 0 Å². The van der Waals surface area contributed by atoms with Gasteiger partial charge in [0.15, 0.2) is 6.29 Å². The van der Waals surface area contributed by atoms with Crippen LogP contribution in [0.4, 0.5) is 0 Å². The van der Waals surface area contributed by atoms with Crippen LogP contribution < -0.4 is 0 Å². The number of rotatable bonds is 3. The van der Waals surface area contributed by atoms with E-state index in [2.05, 4.69) is 4.98 Å². The topological polar surface area (TPSA) is 56.2 Å². The smallest absolute Gasteiger partial charge is 0.202 e. The summed E-state index contributed by atoms with van der Waals surface area (Å²) in [6.45, 7) is 0. The largest absolute Gasteiger partial charge is 0.469 e. The molecule has 0 saturated heterocycles. The Morgan fingerprint density at radius 1 is 1.46 bits per heavy atom. The first kappa shape index (κ1) is 7.79. The molecule has 0 unspecified atom stereocenters. The van der Waals surface area contributed by atoms with E-state index in [1.54, 1.807) is 12.3 Å².